The number of carbonyl (C=O) groups excluding carboxylic acids is 3. The molecule has 0 amide bonds. The molecule has 0 bridgehead atoms. The SMILES string of the molecule is CC/C=C\C/C=C\C/C=C\C/C=C\CCCCCCC(=O)OCC(COC(=O)CCCCCCCCCCCCCC)OC(=O)CCCCCCC/C=C\CCCCCCCC. The number of carbonyl (C=O) groups is 3. The Kier molecular flexibility index (Phi) is 48.4. The van der Waals surface area contributed by atoms with Crippen LogP contribution in [0.1, 0.15) is 258 Å². The van der Waals surface area contributed by atoms with Crippen molar-refractivity contribution in [2.75, 3.05) is 13.2 Å². The molecule has 0 radical (unpaired) electrons. The number of unbranched alkanes of at least 4 members (excludes halogenated alkanes) is 26. The monoisotopic (exact) mass is 867 g/mol. The van der Waals surface area contributed by atoms with E-state index in [4.69, 9.17) is 14.2 Å². The van der Waals surface area contributed by atoms with Gasteiger partial charge >= 0.3 is 17.9 Å². The molecule has 0 aliphatic heterocycles. The van der Waals surface area contributed by atoms with Crippen LogP contribution in [-0.4, -0.2) is 37.2 Å². The Morgan fingerprint density at radius 1 is 0.339 bits per heavy atom. The Morgan fingerprint density at radius 3 is 1.00 bits per heavy atom. The summed E-state index contributed by atoms with van der Waals surface area (Å²) in [7, 11) is 0. The smallest absolute Gasteiger partial charge is 0.306 e. The van der Waals surface area contributed by atoms with Gasteiger partial charge in [0.05, 0.1) is 0 Å². The first-order valence-corrected chi connectivity index (χ1v) is 26.3. The molecule has 62 heavy (non-hydrogen) atoms. The van der Waals surface area contributed by atoms with E-state index in [2.05, 4.69) is 81.5 Å². The van der Waals surface area contributed by atoms with Crippen LogP contribution >= 0.6 is 0 Å². The van der Waals surface area contributed by atoms with E-state index in [0.29, 0.717) is 19.3 Å². The van der Waals surface area contributed by atoms with E-state index < -0.39 is 6.10 Å². The Balaban J connectivity index is 4.42. The lowest BCUT2D eigenvalue weighted by Crippen LogP contribution is -2.30. The summed E-state index contributed by atoms with van der Waals surface area (Å²) >= 11 is 0. The third kappa shape index (κ3) is 48.1. The normalized spacial score (nSPS) is 12.5. The first-order valence-electron chi connectivity index (χ1n) is 26.3. The van der Waals surface area contributed by atoms with Gasteiger partial charge in [-0.25, -0.2) is 0 Å². The van der Waals surface area contributed by atoms with E-state index in [9.17, 15) is 14.4 Å². The van der Waals surface area contributed by atoms with Gasteiger partial charge in [0.25, 0.3) is 0 Å². The van der Waals surface area contributed by atoms with Crippen LogP contribution in [0.5, 0.6) is 0 Å². The fourth-order valence-corrected chi connectivity index (χ4v) is 7.31. The fraction of sp³-hybridized carbons (Fsp3) is 0.768. The lowest BCUT2D eigenvalue weighted by Gasteiger charge is -2.18. The van der Waals surface area contributed by atoms with E-state index in [1.807, 2.05) is 0 Å². The van der Waals surface area contributed by atoms with E-state index in [1.54, 1.807) is 0 Å². The Labute approximate surface area is 383 Å². The van der Waals surface area contributed by atoms with E-state index in [0.717, 1.165) is 109 Å². The molecule has 0 aromatic heterocycles. The first-order chi connectivity index (χ1) is 30.5. The highest BCUT2D eigenvalue weighted by Gasteiger charge is 2.19. The molecule has 1 atom stereocenters. The first kappa shape index (κ1) is 59.1. The minimum Gasteiger partial charge on any atom is -0.462 e. The molecule has 1 unspecified atom stereocenters. The average Bonchev–Trinajstić information content (AvgIpc) is 3.27. The van der Waals surface area contributed by atoms with Crippen molar-refractivity contribution in [1.82, 2.24) is 0 Å². The number of allylic oxidation sites excluding steroid dienone is 10. The molecule has 0 aromatic rings. The van der Waals surface area contributed by atoms with Gasteiger partial charge in [0.2, 0.25) is 0 Å². The second kappa shape index (κ2) is 50.8. The van der Waals surface area contributed by atoms with Crippen LogP contribution in [-0.2, 0) is 28.6 Å². The molecule has 6 heteroatoms. The molecule has 0 rings (SSSR count). The van der Waals surface area contributed by atoms with Crippen molar-refractivity contribution < 1.29 is 28.6 Å². The van der Waals surface area contributed by atoms with Gasteiger partial charge in [0.15, 0.2) is 6.10 Å². The number of ether oxygens (including phenoxy) is 3. The second-order valence-corrected chi connectivity index (χ2v) is 17.4. The van der Waals surface area contributed by atoms with Crippen LogP contribution in [0.2, 0.25) is 0 Å². The maximum Gasteiger partial charge on any atom is 0.306 e. The average molecular weight is 867 g/mol. The van der Waals surface area contributed by atoms with Crippen molar-refractivity contribution in [2.45, 2.75) is 264 Å². The zero-order valence-electron chi connectivity index (χ0n) is 40.9. The van der Waals surface area contributed by atoms with Crippen molar-refractivity contribution in [3.05, 3.63) is 60.8 Å². The molecule has 358 valence electrons. The third-order valence-electron chi connectivity index (χ3n) is 11.3. The Bertz CT molecular complexity index is 1130. The summed E-state index contributed by atoms with van der Waals surface area (Å²) in [4.78, 5) is 38.0. The molecular formula is C56H98O6. The number of rotatable bonds is 47. The van der Waals surface area contributed by atoms with E-state index >= 15 is 0 Å². The molecule has 0 spiro atoms. The van der Waals surface area contributed by atoms with Crippen LogP contribution in [0.4, 0.5) is 0 Å². The quantitative estimate of drug-likeness (QED) is 0.0262. The highest BCUT2D eigenvalue weighted by atomic mass is 16.6. The predicted octanol–water partition coefficient (Wildman–Crippen LogP) is 17.3. The topological polar surface area (TPSA) is 78.9 Å². The van der Waals surface area contributed by atoms with Crippen LogP contribution in [0, 0.1) is 0 Å². The summed E-state index contributed by atoms with van der Waals surface area (Å²) < 4.78 is 16.8. The lowest BCUT2D eigenvalue weighted by atomic mass is 10.0. The van der Waals surface area contributed by atoms with Gasteiger partial charge in [0.1, 0.15) is 13.2 Å². The maximum absolute atomic E-state index is 12.8. The minimum absolute atomic E-state index is 0.0835. The molecule has 6 nitrogen and oxygen atoms in total. The molecule has 0 heterocycles. The Morgan fingerprint density at radius 2 is 0.629 bits per heavy atom. The van der Waals surface area contributed by atoms with E-state index in [-0.39, 0.29) is 31.1 Å². The van der Waals surface area contributed by atoms with Crippen LogP contribution in [0.3, 0.4) is 0 Å². The van der Waals surface area contributed by atoms with Crippen molar-refractivity contribution in [3.8, 4) is 0 Å². The zero-order chi connectivity index (χ0) is 45.1. The summed E-state index contributed by atoms with van der Waals surface area (Å²) in [6.07, 6.45) is 62.0. The zero-order valence-corrected chi connectivity index (χ0v) is 40.9. The summed E-state index contributed by atoms with van der Waals surface area (Å²) in [5.41, 5.74) is 0. The van der Waals surface area contributed by atoms with Crippen LogP contribution < -0.4 is 0 Å². The molecule has 0 saturated heterocycles. The second-order valence-electron chi connectivity index (χ2n) is 17.4. The van der Waals surface area contributed by atoms with Crippen LogP contribution in [0.25, 0.3) is 0 Å². The van der Waals surface area contributed by atoms with Crippen molar-refractivity contribution in [1.29, 1.82) is 0 Å². The summed E-state index contributed by atoms with van der Waals surface area (Å²) in [6, 6.07) is 0. The van der Waals surface area contributed by atoms with Gasteiger partial charge < -0.3 is 14.2 Å². The van der Waals surface area contributed by atoms with Gasteiger partial charge in [-0.15, -0.1) is 0 Å². The predicted molar refractivity (Wildman–Crippen MR) is 265 cm³/mol. The highest BCUT2D eigenvalue weighted by molar-refractivity contribution is 5.71. The molecule has 0 aromatic carbocycles. The van der Waals surface area contributed by atoms with Gasteiger partial charge in [0, 0.05) is 19.3 Å². The van der Waals surface area contributed by atoms with Gasteiger partial charge in [-0.1, -0.05) is 216 Å². The molecule has 0 aliphatic carbocycles. The molecule has 0 saturated carbocycles. The molecule has 0 N–H and O–H groups in total. The largest absolute Gasteiger partial charge is 0.462 e. The molecule has 0 aliphatic rings. The minimum atomic E-state index is -0.786. The van der Waals surface area contributed by atoms with Crippen molar-refractivity contribution >= 4 is 17.9 Å². The third-order valence-corrected chi connectivity index (χ3v) is 11.3. The number of hydrogen-bond acceptors (Lipinski definition) is 6. The van der Waals surface area contributed by atoms with Crippen LogP contribution in [0.15, 0.2) is 60.8 Å². The van der Waals surface area contributed by atoms with Crippen molar-refractivity contribution in [2.24, 2.45) is 0 Å². The number of esters is 3. The maximum atomic E-state index is 12.8. The summed E-state index contributed by atoms with van der Waals surface area (Å²) in [6.45, 7) is 6.50. The molecular weight excluding hydrogens is 769 g/mol. The van der Waals surface area contributed by atoms with Gasteiger partial charge in [-0.05, 0) is 83.5 Å². The number of hydrogen-bond donors (Lipinski definition) is 0. The highest BCUT2D eigenvalue weighted by Crippen LogP contribution is 2.15. The van der Waals surface area contributed by atoms with Crippen molar-refractivity contribution in [3.63, 3.8) is 0 Å². The van der Waals surface area contributed by atoms with Gasteiger partial charge in [-0.2, -0.15) is 0 Å². The van der Waals surface area contributed by atoms with E-state index in [1.165, 1.54) is 109 Å². The Hall–Kier alpha value is -2.89. The standard InChI is InChI=1S/C56H98O6/c1-4-7-10-13-16-19-22-25-27-28-30-31-34-37-40-43-46-49-55(58)61-52-53(51-60-54(57)48-45-42-39-36-33-24-21-18-15-12-9-6-3)62-56(59)50-47-44-41-38-35-32-29-26-23-20-17-14-11-8-5-2/h7,10,16,19,25-27,29-31,53H,4-6,8-9,11-15,17-18,20-24,28,32-52H2,1-3H3/b10-7-,19-16-,27-25-,29-26-,31-30-. The fourth-order valence-electron chi connectivity index (χ4n) is 7.31. The van der Waals surface area contributed by atoms with Gasteiger partial charge in [-0.3, -0.25) is 14.4 Å². The molecule has 0 fully saturated rings. The summed E-state index contributed by atoms with van der Waals surface area (Å²) in [5.74, 6) is -0.911. The lowest BCUT2D eigenvalue weighted by molar-refractivity contribution is -0.167. The summed E-state index contributed by atoms with van der Waals surface area (Å²) in [5, 5.41) is 0.